The van der Waals surface area contributed by atoms with Gasteiger partial charge in [-0.25, -0.2) is 0 Å². The summed E-state index contributed by atoms with van der Waals surface area (Å²) in [6.45, 7) is 0. The highest BCUT2D eigenvalue weighted by Crippen LogP contribution is 2.47. The van der Waals surface area contributed by atoms with Crippen LogP contribution < -0.4 is 0 Å². The largest absolute Gasteiger partial charge is 0.481 e. The number of thioether (sulfide) groups is 1. The zero-order valence-electron chi connectivity index (χ0n) is 12.7. The number of carbonyl (C=O) groups is 2. The van der Waals surface area contributed by atoms with Gasteiger partial charge in [0.15, 0.2) is 0 Å². The van der Waals surface area contributed by atoms with E-state index >= 15 is 0 Å². The van der Waals surface area contributed by atoms with Gasteiger partial charge in [-0.1, -0.05) is 66.7 Å². The van der Waals surface area contributed by atoms with Gasteiger partial charge in [0.1, 0.15) is 5.25 Å². The van der Waals surface area contributed by atoms with Crippen molar-refractivity contribution in [3.63, 3.8) is 0 Å². The summed E-state index contributed by atoms with van der Waals surface area (Å²) in [4.78, 5) is 24.3. The van der Waals surface area contributed by atoms with E-state index in [1.807, 2.05) is 66.7 Å². The monoisotopic (exact) mass is 340 g/mol. The van der Waals surface area contributed by atoms with E-state index in [-0.39, 0.29) is 0 Å². The van der Waals surface area contributed by atoms with Gasteiger partial charge in [-0.05, 0) is 11.1 Å². The minimum Gasteiger partial charge on any atom is -0.481 e. The Morgan fingerprint density at radius 2 is 1.42 bits per heavy atom. The van der Waals surface area contributed by atoms with E-state index in [0.717, 1.165) is 27.8 Å². The zero-order valence-corrected chi connectivity index (χ0v) is 13.5. The highest BCUT2D eigenvalue weighted by atomic mass is 32.2. The Labute approximate surface area is 143 Å². The van der Waals surface area contributed by atoms with Crippen LogP contribution in [0, 0.1) is 5.92 Å². The normalized spacial score (nSPS) is 23.3. The van der Waals surface area contributed by atoms with Gasteiger partial charge in [0.25, 0.3) is 0 Å². The zero-order chi connectivity index (χ0) is 17.1. The van der Waals surface area contributed by atoms with Crippen molar-refractivity contribution in [2.75, 3.05) is 0 Å². The molecule has 2 aromatic rings. The first-order chi connectivity index (χ1) is 11.6. The Hall–Kier alpha value is -2.53. The molecule has 0 radical (unpaired) electrons. The average Bonchev–Trinajstić information content (AvgIpc) is 2.62. The molecule has 2 aromatic carbocycles. The van der Waals surface area contributed by atoms with Crippen molar-refractivity contribution in [2.45, 2.75) is 11.2 Å². The van der Waals surface area contributed by atoms with E-state index in [2.05, 4.69) is 0 Å². The Morgan fingerprint density at radius 1 is 0.833 bits per heavy atom. The molecule has 0 saturated heterocycles. The quantitative estimate of drug-likeness (QED) is 0.887. The van der Waals surface area contributed by atoms with Gasteiger partial charge in [0, 0.05) is 10.8 Å². The molecule has 0 saturated carbocycles. The van der Waals surface area contributed by atoms with E-state index in [0.29, 0.717) is 0 Å². The SMILES string of the molecule is O=C(O)C1SC(c2ccccc2)=CC(c2ccccc2)C1C(=O)O. The van der Waals surface area contributed by atoms with Gasteiger partial charge in [-0.3, -0.25) is 9.59 Å². The molecule has 122 valence electrons. The summed E-state index contributed by atoms with van der Waals surface area (Å²) < 4.78 is 0. The molecular formula is C19H16O4S. The van der Waals surface area contributed by atoms with Crippen molar-refractivity contribution < 1.29 is 19.8 Å². The van der Waals surface area contributed by atoms with Crippen molar-refractivity contribution in [3.8, 4) is 0 Å². The topological polar surface area (TPSA) is 74.6 Å². The summed E-state index contributed by atoms with van der Waals surface area (Å²) in [6, 6.07) is 18.7. The maximum Gasteiger partial charge on any atom is 0.317 e. The summed E-state index contributed by atoms with van der Waals surface area (Å²) in [5, 5.41) is 18.2. The molecule has 3 rings (SSSR count). The predicted molar refractivity (Wildman–Crippen MR) is 93.7 cm³/mol. The number of carboxylic acids is 2. The molecule has 1 aliphatic rings. The number of benzene rings is 2. The third-order valence-corrected chi connectivity index (χ3v) is 5.44. The fourth-order valence-electron chi connectivity index (χ4n) is 2.94. The standard InChI is InChI=1S/C19H16O4S/c20-18(21)16-14(12-7-3-1-4-8-12)11-15(24-17(16)19(22)23)13-9-5-2-6-10-13/h1-11,14,16-17H,(H,20,21)(H,22,23). The van der Waals surface area contributed by atoms with Gasteiger partial charge in [0.05, 0.1) is 5.92 Å². The number of carboxylic acid groups (broad SMARTS) is 2. The van der Waals surface area contributed by atoms with Gasteiger partial charge < -0.3 is 10.2 Å². The van der Waals surface area contributed by atoms with Crippen LogP contribution in [0.15, 0.2) is 66.7 Å². The van der Waals surface area contributed by atoms with Crippen molar-refractivity contribution in [2.24, 2.45) is 5.92 Å². The number of allylic oxidation sites excluding steroid dienone is 1. The molecule has 0 aromatic heterocycles. The highest BCUT2D eigenvalue weighted by molar-refractivity contribution is 8.09. The summed E-state index contributed by atoms with van der Waals surface area (Å²) in [7, 11) is 0. The molecule has 0 amide bonds. The van der Waals surface area contributed by atoms with E-state index in [9.17, 15) is 19.8 Å². The van der Waals surface area contributed by atoms with Crippen molar-refractivity contribution in [3.05, 3.63) is 77.9 Å². The minimum absolute atomic E-state index is 0.485. The molecule has 2 N–H and O–H groups in total. The van der Waals surface area contributed by atoms with Gasteiger partial charge >= 0.3 is 11.9 Å². The first kappa shape index (κ1) is 16.3. The average molecular weight is 340 g/mol. The Kier molecular flexibility index (Phi) is 4.71. The lowest BCUT2D eigenvalue weighted by molar-refractivity contribution is -0.148. The van der Waals surface area contributed by atoms with Crippen LogP contribution >= 0.6 is 11.8 Å². The lowest BCUT2D eigenvalue weighted by Crippen LogP contribution is -2.38. The third kappa shape index (κ3) is 3.21. The first-order valence-electron chi connectivity index (χ1n) is 7.52. The fraction of sp³-hybridized carbons (Fsp3) is 0.158. The van der Waals surface area contributed by atoms with Gasteiger partial charge in [0.2, 0.25) is 0 Å². The fourth-order valence-corrected chi connectivity index (χ4v) is 4.24. The molecule has 0 aliphatic carbocycles. The Bertz CT molecular complexity index is 770. The van der Waals surface area contributed by atoms with Gasteiger partial charge in [-0.2, -0.15) is 0 Å². The molecule has 1 heterocycles. The maximum absolute atomic E-state index is 11.8. The molecule has 1 aliphatic heterocycles. The molecule has 0 bridgehead atoms. The van der Waals surface area contributed by atoms with Crippen LogP contribution in [-0.2, 0) is 9.59 Å². The minimum atomic E-state index is -1.10. The van der Waals surface area contributed by atoms with E-state index in [1.54, 1.807) is 0 Å². The number of aliphatic carboxylic acids is 2. The lowest BCUT2D eigenvalue weighted by atomic mass is 9.82. The second kappa shape index (κ2) is 6.93. The lowest BCUT2D eigenvalue weighted by Gasteiger charge is -2.32. The molecule has 24 heavy (non-hydrogen) atoms. The molecule has 4 nitrogen and oxygen atoms in total. The van der Waals surface area contributed by atoms with Crippen LogP contribution in [0.25, 0.3) is 4.91 Å². The highest BCUT2D eigenvalue weighted by Gasteiger charge is 2.43. The molecule has 0 spiro atoms. The number of hydrogen-bond donors (Lipinski definition) is 2. The van der Waals surface area contributed by atoms with Crippen LogP contribution in [0.1, 0.15) is 17.0 Å². The second-order valence-electron chi connectivity index (χ2n) is 5.57. The Morgan fingerprint density at radius 3 is 1.96 bits per heavy atom. The molecular weight excluding hydrogens is 324 g/mol. The number of hydrogen-bond acceptors (Lipinski definition) is 3. The maximum atomic E-state index is 11.8. The number of rotatable bonds is 4. The molecule has 0 fully saturated rings. The first-order valence-corrected chi connectivity index (χ1v) is 8.40. The van der Waals surface area contributed by atoms with Crippen LogP contribution in [0.3, 0.4) is 0 Å². The van der Waals surface area contributed by atoms with Crippen molar-refractivity contribution in [1.29, 1.82) is 0 Å². The third-order valence-electron chi connectivity index (χ3n) is 4.07. The van der Waals surface area contributed by atoms with Crippen molar-refractivity contribution in [1.82, 2.24) is 0 Å². The predicted octanol–water partition coefficient (Wildman–Crippen LogP) is 3.71. The smallest absolute Gasteiger partial charge is 0.317 e. The van der Waals surface area contributed by atoms with E-state index < -0.39 is 29.0 Å². The second-order valence-corrected chi connectivity index (χ2v) is 6.76. The Balaban J connectivity index is 2.12. The van der Waals surface area contributed by atoms with E-state index in [1.165, 1.54) is 0 Å². The van der Waals surface area contributed by atoms with Crippen LogP contribution in [0.5, 0.6) is 0 Å². The molecule has 3 atom stereocenters. The summed E-state index contributed by atoms with van der Waals surface area (Å²) >= 11 is 1.11. The molecule has 3 unspecified atom stereocenters. The van der Waals surface area contributed by atoms with Crippen LogP contribution in [-0.4, -0.2) is 27.4 Å². The van der Waals surface area contributed by atoms with E-state index in [4.69, 9.17) is 0 Å². The van der Waals surface area contributed by atoms with Crippen LogP contribution in [0.4, 0.5) is 0 Å². The summed E-state index contributed by atoms with van der Waals surface area (Å²) in [5.41, 5.74) is 1.71. The molecule has 5 heteroatoms. The van der Waals surface area contributed by atoms with Crippen molar-refractivity contribution >= 4 is 28.6 Å². The van der Waals surface area contributed by atoms with Crippen LogP contribution in [0.2, 0.25) is 0 Å². The van der Waals surface area contributed by atoms with Gasteiger partial charge in [-0.15, -0.1) is 11.8 Å². The summed E-state index contributed by atoms with van der Waals surface area (Å²) in [5.74, 6) is -3.69. The summed E-state index contributed by atoms with van der Waals surface area (Å²) in [6.07, 6.45) is 1.88.